The van der Waals surface area contributed by atoms with E-state index in [9.17, 15) is 15.2 Å². The number of non-ortho nitro benzene ring substituents is 1. The fraction of sp³-hybridized carbons (Fsp3) is 0.455. The molecule has 1 rings (SSSR count). The first kappa shape index (κ1) is 13.4. The number of hydrogen-bond donors (Lipinski definition) is 3. The van der Waals surface area contributed by atoms with E-state index in [1.807, 2.05) is 0 Å². The number of nitro groups is 1. The second-order valence-corrected chi connectivity index (χ2v) is 3.88. The third-order valence-corrected chi connectivity index (χ3v) is 2.33. The Hall–Kier alpha value is -1.66. The second-order valence-electron chi connectivity index (χ2n) is 3.88. The highest BCUT2D eigenvalue weighted by atomic mass is 16.6. The summed E-state index contributed by atoms with van der Waals surface area (Å²) in [5, 5.41) is 32.1. The number of aromatic hydroxyl groups is 1. The van der Waals surface area contributed by atoms with E-state index in [1.165, 1.54) is 18.2 Å². The van der Waals surface area contributed by atoms with Crippen molar-refractivity contribution in [2.45, 2.75) is 26.0 Å². The van der Waals surface area contributed by atoms with E-state index >= 15 is 0 Å². The lowest BCUT2D eigenvalue weighted by Crippen LogP contribution is -2.18. The van der Waals surface area contributed by atoms with Gasteiger partial charge in [-0.05, 0) is 26.0 Å². The van der Waals surface area contributed by atoms with Gasteiger partial charge >= 0.3 is 0 Å². The van der Waals surface area contributed by atoms with Gasteiger partial charge in [0.1, 0.15) is 5.75 Å². The Kier molecular flexibility index (Phi) is 4.86. The number of rotatable bonds is 6. The summed E-state index contributed by atoms with van der Waals surface area (Å²) in [6.45, 7) is 2.60. The van der Waals surface area contributed by atoms with Gasteiger partial charge in [-0.2, -0.15) is 0 Å². The number of aliphatic hydroxyl groups excluding tert-OH is 1. The Bertz CT molecular complexity index is 393. The summed E-state index contributed by atoms with van der Waals surface area (Å²) in [7, 11) is 0. The lowest BCUT2D eigenvalue weighted by Gasteiger charge is -2.07. The van der Waals surface area contributed by atoms with Gasteiger partial charge in [-0.3, -0.25) is 10.1 Å². The van der Waals surface area contributed by atoms with Crippen molar-refractivity contribution in [3.63, 3.8) is 0 Å². The first-order valence-corrected chi connectivity index (χ1v) is 5.35. The van der Waals surface area contributed by atoms with Gasteiger partial charge in [-0.25, -0.2) is 0 Å². The van der Waals surface area contributed by atoms with Gasteiger partial charge in [0.25, 0.3) is 5.69 Å². The monoisotopic (exact) mass is 240 g/mol. The first-order valence-electron chi connectivity index (χ1n) is 5.35. The lowest BCUT2D eigenvalue weighted by atomic mass is 10.1. The third kappa shape index (κ3) is 4.38. The summed E-state index contributed by atoms with van der Waals surface area (Å²) >= 11 is 0. The van der Waals surface area contributed by atoms with Crippen LogP contribution in [0.15, 0.2) is 18.2 Å². The quantitative estimate of drug-likeness (QED) is 0.394. The number of phenols is 1. The van der Waals surface area contributed by atoms with Crippen LogP contribution >= 0.6 is 0 Å². The highest BCUT2D eigenvalue weighted by Crippen LogP contribution is 2.22. The number of aliphatic hydroxyl groups is 1. The molecule has 1 unspecified atom stereocenters. The molecule has 0 radical (unpaired) electrons. The third-order valence-electron chi connectivity index (χ3n) is 2.33. The molecule has 0 fully saturated rings. The summed E-state index contributed by atoms with van der Waals surface area (Å²) in [5.41, 5.74) is 0.430. The molecular weight excluding hydrogens is 224 g/mol. The number of hydrogen-bond acceptors (Lipinski definition) is 5. The minimum Gasteiger partial charge on any atom is -0.508 e. The molecule has 0 aliphatic heterocycles. The predicted molar refractivity (Wildman–Crippen MR) is 62.8 cm³/mol. The maximum Gasteiger partial charge on any atom is 0.270 e. The number of phenolic OH excluding ortho intramolecular Hbond substituents is 1. The van der Waals surface area contributed by atoms with Crippen LogP contribution in [0.25, 0.3) is 0 Å². The number of nitrogens with one attached hydrogen (secondary N) is 1. The Morgan fingerprint density at radius 1 is 1.53 bits per heavy atom. The van der Waals surface area contributed by atoms with E-state index in [0.29, 0.717) is 25.1 Å². The minimum atomic E-state index is -0.501. The van der Waals surface area contributed by atoms with Crippen LogP contribution in [-0.2, 0) is 6.54 Å². The van der Waals surface area contributed by atoms with Gasteiger partial charge in [-0.15, -0.1) is 0 Å². The normalized spacial score (nSPS) is 12.4. The fourth-order valence-electron chi connectivity index (χ4n) is 1.36. The Morgan fingerprint density at radius 2 is 2.24 bits per heavy atom. The van der Waals surface area contributed by atoms with Gasteiger partial charge in [0, 0.05) is 24.2 Å². The van der Waals surface area contributed by atoms with Gasteiger partial charge in [0.2, 0.25) is 0 Å². The van der Waals surface area contributed by atoms with Crippen molar-refractivity contribution in [3.8, 4) is 5.75 Å². The van der Waals surface area contributed by atoms with Gasteiger partial charge < -0.3 is 15.5 Å². The molecule has 6 heteroatoms. The highest BCUT2D eigenvalue weighted by Gasteiger charge is 2.09. The predicted octanol–water partition coefficient (Wildman–Crippen LogP) is 1.16. The molecule has 0 aromatic heterocycles. The molecular formula is C11H16N2O4. The number of benzene rings is 1. The molecule has 94 valence electrons. The maximum atomic E-state index is 10.6. The van der Waals surface area contributed by atoms with Crippen molar-refractivity contribution in [1.82, 2.24) is 5.32 Å². The average molecular weight is 240 g/mol. The molecule has 1 aromatic carbocycles. The molecule has 1 atom stereocenters. The number of nitro benzene ring substituents is 1. The molecule has 6 nitrogen and oxygen atoms in total. The van der Waals surface area contributed by atoms with Crippen LogP contribution in [-0.4, -0.2) is 27.8 Å². The molecule has 17 heavy (non-hydrogen) atoms. The van der Waals surface area contributed by atoms with E-state index in [-0.39, 0.29) is 17.5 Å². The van der Waals surface area contributed by atoms with E-state index < -0.39 is 4.92 Å². The topological polar surface area (TPSA) is 95.6 Å². The molecule has 0 spiro atoms. The molecule has 0 amide bonds. The van der Waals surface area contributed by atoms with Crippen molar-refractivity contribution in [2.24, 2.45) is 0 Å². The fourth-order valence-corrected chi connectivity index (χ4v) is 1.36. The average Bonchev–Trinajstić information content (AvgIpc) is 2.25. The van der Waals surface area contributed by atoms with Crippen LogP contribution in [0.4, 0.5) is 5.69 Å². The van der Waals surface area contributed by atoms with Crippen molar-refractivity contribution in [1.29, 1.82) is 0 Å². The Labute approximate surface area is 99.0 Å². The van der Waals surface area contributed by atoms with Gasteiger partial charge in [0.15, 0.2) is 0 Å². The van der Waals surface area contributed by atoms with Gasteiger partial charge in [-0.1, -0.05) is 0 Å². The Morgan fingerprint density at radius 3 is 2.82 bits per heavy atom. The van der Waals surface area contributed by atoms with Crippen LogP contribution in [0.1, 0.15) is 18.9 Å². The largest absolute Gasteiger partial charge is 0.508 e. The van der Waals surface area contributed by atoms with E-state index in [2.05, 4.69) is 5.32 Å². The molecule has 0 aliphatic rings. The maximum absolute atomic E-state index is 10.6. The summed E-state index contributed by atoms with van der Waals surface area (Å²) in [6, 6.07) is 3.91. The van der Waals surface area contributed by atoms with Crippen molar-refractivity contribution < 1.29 is 15.1 Å². The van der Waals surface area contributed by atoms with E-state index in [1.54, 1.807) is 6.92 Å². The zero-order valence-corrected chi connectivity index (χ0v) is 9.59. The number of nitrogens with zero attached hydrogens (tertiary/aromatic N) is 1. The van der Waals surface area contributed by atoms with Crippen LogP contribution in [0, 0.1) is 10.1 Å². The molecule has 1 aromatic rings. The van der Waals surface area contributed by atoms with Crippen LogP contribution in [0.5, 0.6) is 5.75 Å². The van der Waals surface area contributed by atoms with Crippen LogP contribution in [0.2, 0.25) is 0 Å². The zero-order valence-electron chi connectivity index (χ0n) is 9.59. The van der Waals surface area contributed by atoms with Crippen molar-refractivity contribution in [3.05, 3.63) is 33.9 Å². The second kappa shape index (κ2) is 6.17. The first-order chi connectivity index (χ1) is 8.00. The molecule has 0 saturated heterocycles. The summed E-state index contributed by atoms with van der Waals surface area (Å²) in [6.07, 6.45) is 0.205. The summed E-state index contributed by atoms with van der Waals surface area (Å²) in [5.74, 6) is 0.0279. The molecule has 0 aliphatic carbocycles. The van der Waals surface area contributed by atoms with Gasteiger partial charge in [0.05, 0.1) is 11.0 Å². The standard InChI is InChI=1S/C11H16N2O4/c1-8(14)4-5-12-7-9-6-10(13(16)17)2-3-11(9)15/h2-3,6,8,12,14-15H,4-5,7H2,1H3. The molecule has 0 bridgehead atoms. The highest BCUT2D eigenvalue weighted by molar-refractivity contribution is 5.42. The van der Waals surface area contributed by atoms with Crippen molar-refractivity contribution in [2.75, 3.05) is 6.54 Å². The van der Waals surface area contributed by atoms with E-state index in [0.717, 1.165) is 0 Å². The van der Waals surface area contributed by atoms with E-state index in [4.69, 9.17) is 5.11 Å². The van der Waals surface area contributed by atoms with Crippen LogP contribution in [0.3, 0.4) is 0 Å². The summed E-state index contributed by atoms with van der Waals surface area (Å²) in [4.78, 5) is 10.1. The van der Waals surface area contributed by atoms with Crippen LogP contribution < -0.4 is 5.32 Å². The lowest BCUT2D eigenvalue weighted by molar-refractivity contribution is -0.384. The summed E-state index contributed by atoms with van der Waals surface area (Å²) < 4.78 is 0. The smallest absolute Gasteiger partial charge is 0.270 e. The molecule has 0 saturated carbocycles. The molecule has 0 heterocycles. The zero-order chi connectivity index (χ0) is 12.8. The molecule has 3 N–H and O–H groups in total. The SMILES string of the molecule is CC(O)CCNCc1cc([N+](=O)[O-])ccc1O. The van der Waals surface area contributed by atoms with Crippen molar-refractivity contribution >= 4 is 5.69 Å². The Balaban J connectivity index is 2.57. The minimum absolute atomic E-state index is 0.0279.